The molecule has 2 aliphatic rings. The summed E-state index contributed by atoms with van der Waals surface area (Å²) in [6.07, 6.45) is -1.91. The van der Waals surface area contributed by atoms with Crippen molar-refractivity contribution in [1.29, 1.82) is 0 Å². The third-order valence-corrected chi connectivity index (χ3v) is 6.26. The monoisotopic (exact) mass is 454 g/mol. The molecular formula is C13H15ClN4O8S2. The number of aliphatic imine (C=N–C) groups is 2. The van der Waals surface area contributed by atoms with Gasteiger partial charge < -0.3 is 4.74 Å². The number of allylic oxidation sites excluding steroid dienone is 1. The number of hydrogen-bond acceptors (Lipinski definition) is 10. The van der Waals surface area contributed by atoms with Crippen molar-refractivity contribution < 1.29 is 36.3 Å². The van der Waals surface area contributed by atoms with E-state index in [-0.39, 0.29) is 23.6 Å². The van der Waals surface area contributed by atoms with Gasteiger partial charge in [0.1, 0.15) is 5.78 Å². The Bertz CT molecular complexity index is 1050. The van der Waals surface area contributed by atoms with Gasteiger partial charge in [-0.3, -0.25) is 18.9 Å². The number of methoxy groups -OCH3 is 1. The number of carbonyl (C=O) groups is 3. The minimum Gasteiger partial charge on any atom is -0.469 e. The van der Waals surface area contributed by atoms with Crippen LogP contribution in [0.3, 0.4) is 0 Å². The first-order valence-corrected chi connectivity index (χ1v) is 11.0. The Kier molecular flexibility index (Phi) is 6.50. The van der Waals surface area contributed by atoms with Gasteiger partial charge in [0.2, 0.25) is 31.6 Å². The Morgan fingerprint density at radius 3 is 2.54 bits per heavy atom. The maximum Gasteiger partial charge on any atom is 0.305 e. The second-order valence-corrected chi connectivity index (χ2v) is 9.30. The normalized spacial score (nSPS) is 26.8. The fraction of sp³-hybridized carbons (Fsp3) is 0.462. The van der Waals surface area contributed by atoms with Crippen LogP contribution in [0.1, 0.15) is 19.3 Å². The van der Waals surface area contributed by atoms with E-state index in [1.807, 2.05) is 0 Å². The van der Waals surface area contributed by atoms with Crippen LogP contribution >= 0.6 is 11.6 Å². The van der Waals surface area contributed by atoms with Crippen molar-refractivity contribution in [3.05, 3.63) is 11.1 Å². The maximum absolute atomic E-state index is 12.4. The molecule has 154 valence electrons. The molecule has 0 fully saturated rings. The topological polar surface area (TPSA) is 195 Å². The summed E-state index contributed by atoms with van der Waals surface area (Å²) in [7, 11) is -7.45. The van der Waals surface area contributed by atoms with Crippen LogP contribution in [-0.4, -0.2) is 64.1 Å². The fourth-order valence-corrected chi connectivity index (χ4v) is 4.60. The highest BCUT2D eigenvalue weighted by molar-refractivity contribution is 8.05. The molecule has 28 heavy (non-hydrogen) atoms. The van der Waals surface area contributed by atoms with Crippen molar-refractivity contribution in [1.82, 2.24) is 0 Å². The summed E-state index contributed by atoms with van der Waals surface area (Å²) in [6, 6.07) is 0. The van der Waals surface area contributed by atoms with Crippen LogP contribution in [-0.2, 0) is 39.2 Å². The van der Waals surface area contributed by atoms with Gasteiger partial charge in [0.05, 0.1) is 30.7 Å². The number of rotatable bonds is 7. The fourth-order valence-electron chi connectivity index (χ4n) is 2.21. The third-order valence-electron chi connectivity index (χ3n) is 3.53. The Labute approximate surface area is 164 Å². The quantitative estimate of drug-likeness (QED) is 0.373. The molecule has 0 aromatic rings. The highest BCUT2D eigenvalue weighted by Gasteiger charge is 2.38. The molecule has 3 N–H and O–H groups in total. The van der Waals surface area contributed by atoms with Crippen molar-refractivity contribution in [3.63, 3.8) is 0 Å². The Balaban J connectivity index is 2.25. The Morgan fingerprint density at radius 2 is 1.96 bits per heavy atom. The summed E-state index contributed by atoms with van der Waals surface area (Å²) in [6.45, 7) is 0. The molecule has 0 spiro atoms. The van der Waals surface area contributed by atoms with Gasteiger partial charge in [-0.15, -0.1) is 0 Å². The molecule has 0 amide bonds. The molecule has 2 aliphatic heterocycles. The summed E-state index contributed by atoms with van der Waals surface area (Å²) in [4.78, 5) is 42.4. The van der Waals surface area contributed by atoms with E-state index >= 15 is 0 Å². The van der Waals surface area contributed by atoms with E-state index < -0.39 is 60.6 Å². The molecule has 0 aromatic heterocycles. The molecule has 2 heterocycles. The molecular weight excluding hydrogens is 440 g/mol. The summed E-state index contributed by atoms with van der Waals surface area (Å²) in [5, 5.41) is 2.11. The first-order valence-electron chi connectivity index (χ1n) is 7.50. The number of hydrogen-bond donors (Lipinski definition) is 2. The van der Waals surface area contributed by atoms with Gasteiger partial charge >= 0.3 is 5.97 Å². The smallest absolute Gasteiger partial charge is 0.305 e. The summed E-state index contributed by atoms with van der Waals surface area (Å²) < 4.78 is 53.1. The molecule has 12 nitrogen and oxygen atoms in total. The minimum atomic E-state index is -4.31. The van der Waals surface area contributed by atoms with Crippen molar-refractivity contribution in [2.45, 2.75) is 30.8 Å². The lowest BCUT2D eigenvalue weighted by molar-refractivity contribution is -0.142. The van der Waals surface area contributed by atoms with Crippen molar-refractivity contribution >= 4 is 59.9 Å². The van der Waals surface area contributed by atoms with E-state index in [1.54, 1.807) is 0 Å². The summed E-state index contributed by atoms with van der Waals surface area (Å²) >= 11 is 5.80. The third kappa shape index (κ3) is 5.08. The zero-order valence-electron chi connectivity index (χ0n) is 14.3. The molecule has 0 aromatic carbocycles. The molecule has 0 saturated carbocycles. The number of nitrogens with zero attached hydrogens (tertiary/aromatic N) is 3. The van der Waals surface area contributed by atoms with Crippen LogP contribution in [0.2, 0.25) is 0 Å². The zero-order valence-corrected chi connectivity index (χ0v) is 16.7. The van der Waals surface area contributed by atoms with Gasteiger partial charge in [-0.2, -0.15) is 4.36 Å². The van der Waals surface area contributed by atoms with Crippen LogP contribution < -0.4 is 5.14 Å². The number of halogens is 1. The maximum atomic E-state index is 12.4. The van der Waals surface area contributed by atoms with Crippen molar-refractivity contribution in [3.8, 4) is 0 Å². The second kappa shape index (κ2) is 8.16. The van der Waals surface area contributed by atoms with Crippen LogP contribution in [0.4, 0.5) is 0 Å². The van der Waals surface area contributed by atoms with Crippen molar-refractivity contribution in [2.24, 2.45) is 19.5 Å². The number of dihydropyridines is 1. The van der Waals surface area contributed by atoms with Gasteiger partial charge in [0.25, 0.3) is 0 Å². The zero-order chi connectivity index (χ0) is 21.3. The van der Waals surface area contributed by atoms with E-state index in [1.165, 1.54) is 0 Å². The highest BCUT2D eigenvalue weighted by atomic mass is 35.5. The number of ketones is 2. The number of primary sulfonamides is 1. The lowest BCUT2D eigenvalue weighted by Gasteiger charge is -2.22. The molecule has 0 aliphatic carbocycles. The molecule has 3 unspecified atom stereocenters. The molecule has 15 heteroatoms. The van der Waals surface area contributed by atoms with Crippen LogP contribution in [0.5, 0.6) is 0 Å². The Hall–Kier alpha value is -2.00. The van der Waals surface area contributed by atoms with E-state index in [0.29, 0.717) is 0 Å². The SMILES string of the molecule is COC(=O)CCC(=O)CC(=O)C1N=C2C=C(Cl)C(S(N)(=O)=O)N=C2S(=O)(O)=N1. The number of nitrogens with two attached hydrogens (primary N) is 1. The number of fused-ring (bicyclic) bond motifs is 1. The molecule has 2 rings (SSSR count). The van der Waals surface area contributed by atoms with Gasteiger partial charge in [-0.25, -0.2) is 27.8 Å². The predicted octanol–water partition coefficient (Wildman–Crippen LogP) is -0.661. The number of esters is 1. The Morgan fingerprint density at radius 1 is 1.32 bits per heavy atom. The minimum absolute atomic E-state index is 0.222. The molecule has 0 saturated heterocycles. The summed E-state index contributed by atoms with van der Waals surface area (Å²) in [5.74, 6) is -2.13. The lowest BCUT2D eigenvalue weighted by Crippen LogP contribution is -2.39. The van der Waals surface area contributed by atoms with E-state index in [9.17, 15) is 31.6 Å². The van der Waals surface area contributed by atoms with Crippen LogP contribution in [0.25, 0.3) is 0 Å². The largest absolute Gasteiger partial charge is 0.469 e. The molecule has 0 radical (unpaired) electrons. The van der Waals surface area contributed by atoms with Gasteiger partial charge in [-0.1, -0.05) is 11.6 Å². The predicted molar refractivity (Wildman–Crippen MR) is 98.6 cm³/mol. The lowest BCUT2D eigenvalue weighted by atomic mass is 10.1. The van der Waals surface area contributed by atoms with Gasteiger partial charge in [0, 0.05) is 6.42 Å². The van der Waals surface area contributed by atoms with E-state index in [0.717, 1.165) is 13.2 Å². The first-order chi connectivity index (χ1) is 12.8. The number of sulfonamides is 1. The van der Waals surface area contributed by atoms with Crippen LogP contribution in [0, 0.1) is 0 Å². The van der Waals surface area contributed by atoms with Gasteiger partial charge in [0.15, 0.2) is 10.8 Å². The number of ether oxygens (including phenoxy) is 1. The average molecular weight is 455 g/mol. The van der Waals surface area contributed by atoms with E-state index in [2.05, 4.69) is 19.1 Å². The van der Waals surface area contributed by atoms with E-state index in [4.69, 9.17) is 16.7 Å². The van der Waals surface area contributed by atoms with Crippen molar-refractivity contribution in [2.75, 3.05) is 7.11 Å². The highest BCUT2D eigenvalue weighted by Crippen LogP contribution is 2.25. The molecule has 3 atom stereocenters. The standard InChI is InChI=1S/C13H15ClN4O8S2/c1-26-10(21)3-2-6(19)4-9(20)11-16-8-5-7(14)12(27(15,22)23)17-13(8)28(24,25)18-11/h5,11-12H,2-4H2,1H3,(H2,15,22,23)(H,18,24,25). The average Bonchev–Trinajstić information content (AvgIpc) is 2.57. The number of carbonyl (C=O) groups excluding carboxylic acids is 3. The van der Waals surface area contributed by atoms with Crippen LogP contribution in [0.15, 0.2) is 25.5 Å². The van der Waals surface area contributed by atoms with Gasteiger partial charge in [-0.05, 0) is 6.08 Å². The molecule has 0 bridgehead atoms. The second-order valence-electron chi connectivity index (χ2n) is 5.65. The first kappa shape index (κ1) is 22.3. The summed E-state index contributed by atoms with van der Waals surface area (Å²) in [5.41, 5.74) is -0.312. The number of Topliss-reactive ketones (excluding diaryl/α,β-unsaturated/α-hetero) is 2.